The van der Waals surface area contributed by atoms with Crippen LogP contribution in [-0.2, 0) is 4.57 Å². The van der Waals surface area contributed by atoms with Crippen LogP contribution in [0.4, 0.5) is 5.69 Å². The van der Waals surface area contributed by atoms with Crippen LogP contribution in [0.5, 0.6) is 0 Å². The van der Waals surface area contributed by atoms with Crippen LogP contribution in [-0.4, -0.2) is 12.3 Å². The Balaban J connectivity index is 3.25. The monoisotopic (exact) mass is 275 g/mol. The Hall–Kier alpha value is -0.270. The van der Waals surface area contributed by atoms with Gasteiger partial charge in [0.2, 0.25) is 0 Å². The molecule has 0 aromatic heterocycles. The summed E-state index contributed by atoms with van der Waals surface area (Å²) in [7, 11) is -2.24. The number of rotatable bonds is 3. The van der Waals surface area contributed by atoms with Crippen molar-refractivity contribution in [3.8, 4) is 0 Å². The largest absolute Gasteiger partial charge is 0.398 e. The zero-order valence-electron chi connectivity index (χ0n) is 8.46. The van der Waals surface area contributed by atoms with Crippen LogP contribution in [0.3, 0.4) is 0 Å². The molecule has 0 unspecified atom stereocenters. The van der Waals surface area contributed by atoms with Crippen molar-refractivity contribution in [2.24, 2.45) is 0 Å². The summed E-state index contributed by atoms with van der Waals surface area (Å²) in [5, 5.41) is 0.825. The van der Waals surface area contributed by atoms with Gasteiger partial charge < -0.3 is 10.3 Å². The maximum absolute atomic E-state index is 12.4. The highest BCUT2D eigenvalue weighted by Crippen LogP contribution is 2.45. The molecule has 0 amide bonds. The summed E-state index contributed by atoms with van der Waals surface area (Å²) >= 11 is 3.34. The van der Waals surface area contributed by atoms with Gasteiger partial charge in [0.15, 0.2) is 0 Å². The number of hydrogen-bond acceptors (Lipinski definition) is 2. The Bertz CT molecular complexity index is 370. The molecule has 2 N–H and O–H groups in total. The van der Waals surface area contributed by atoms with Gasteiger partial charge in [-0.3, -0.25) is 0 Å². The molecule has 1 rings (SSSR count). The van der Waals surface area contributed by atoms with Crippen LogP contribution < -0.4 is 11.0 Å². The van der Waals surface area contributed by atoms with Gasteiger partial charge in [-0.25, -0.2) is 0 Å². The average Bonchev–Trinajstić information content (AvgIpc) is 2.17. The zero-order valence-corrected chi connectivity index (χ0v) is 10.9. The SMILES string of the molecule is CCP(=O)(CC)c1ccc(Br)cc1N. The molecule has 0 saturated carbocycles. The van der Waals surface area contributed by atoms with E-state index >= 15 is 0 Å². The number of benzene rings is 1. The van der Waals surface area contributed by atoms with Gasteiger partial charge in [-0.05, 0) is 18.2 Å². The van der Waals surface area contributed by atoms with Crippen molar-refractivity contribution in [1.29, 1.82) is 0 Å². The number of nitrogens with two attached hydrogens (primary N) is 1. The van der Waals surface area contributed by atoms with E-state index in [9.17, 15) is 4.57 Å². The van der Waals surface area contributed by atoms with E-state index in [4.69, 9.17) is 5.73 Å². The first kappa shape index (κ1) is 11.8. The molecule has 0 spiro atoms. The molecule has 0 heterocycles. The Morgan fingerprint density at radius 3 is 2.36 bits per heavy atom. The van der Waals surface area contributed by atoms with Crippen LogP contribution in [0.25, 0.3) is 0 Å². The third-order valence-corrected chi connectivity index (χ3v) is 6.27. The molecule has 78 valence electrons. The van der Waals surface area contributed by atoms with Gasteiger partial charge in [0.25, 0.3) is 0 Å². The summed E-state index contributed by atoms with van der Waals surface area (Å²) in [5.41, 5.74) is 6.49. The minimum absolute atomic E-state index is 0.631. The summed E-state index contributed by atoms with van der Waals surface area (Å²) in [6.07, 6.45) is 1.35. The fraction of sp³-hybridized carbons (Fsp3) is 0.400. The van der Waals surface area contributed by atoms with Crippen LogP contribution in [0.2, 0.25) is 0 Å². The van der Waals surface area contributed by atoms with E-state index in [2.05, 4.69) is 15.9 Å². The van der Waals surface area contributed by atoms with E-state index in [1.807, 2.05) is 32.0 Å². The topological polar surface area (TPSA) is 43.1 Å². The molecule has 14 heavy (non-hydrogen) atoms. The molecule has 2 nitrogen and oxygen atoms in total. The molecular formula is C10H15BrNOP. The van der Waals surface area contributed by atoms with E-state index in [-0.39, 0.29) is 0 Å². The van der Waals surface area contributed by atoms with E-state index in [1.54, 1.807) is 0 Å². The molecule has 1 aromatic rings. The van der Waals surface area contributed by atoms with Crippen molar-refractivity contribution >= 4 is 34.1 Å². The average molecular weight is 276 g/mol. The normalized spacial score (nSPS) is 11.6. The Kier molecular flexibility index (Phi) is 3.79. The van der Waals surface area contributed by atoms with Crippen LogP contribution >= 0.6 is 23.1 Å². The number of halogens is 1. The fourth-order valence-corrected chi connectivity index (χ4v) is 3.85. The Morgan fingerprint density at radius 2 is 1.93 bits per heavy atom. The van der Waals surface area contributed by atoms with Gasteiger partial charge in [0, 0.05) is 27.8 Å². The highest BCUT2D eigenvalue weighted by atomic mass is 79.9. The Labute approximate surface area is 93.4 Å². The zero-order chi connectivity index (χ0) is 10.8. The first-order chi connectivity index (χ1) is 6.53. The summed E-state index contributed by atoms with van der Waals surface area (Å²) in [6, 6.07) is 5.57. The van der Waals surface area contributed by atoms with E-state index in [0.717, 1.165) is 9.78 Å². The second-order valence-electron chi connectivity index (χ2n) is 3.22. The van der Waals surface area contributed by atoms with Gasteiger partial charge in [-0.1, -0.05) is 29.8 Å². The summed E-state index contributed by atoms with van der Waals surface area (Å²) in [4.78, 5) is 0. The number of nitrogen functional groups attached to an aromatic ring is 1. The first-order valence-corrected chi connectivity index (χ1v) is 7.54. The minimum Gasteiger partial charge on any atom is -0.398 e. The predicted octanol–water partition coefficient (Wildman–Crippen LogP) is 3.06. The lowest BCUT2D eigenvalue weighted by Gasteiger charge is -2.16. The van der Waals surface area contributed by atoms with Crippen molar-refractivity contribution in [2.45, 2.75) is 13.8 Å². The van der Waals surface area contributed by atoms with E-state index in [1.165, 1.54) is 0 Å². The lowest BCUT2D eigenvalue weighted by molar-refractivity contribution is 0.582. The van der Waals surface area contributed by atoms with Gasteiger partial charge in [-0.15, -0.1) is 0 Å². The van der Waals surface area contributed by atoms with E-state index < -0.39 is 7.14 Å². The van der Waals surface area contributed by atoms with Gasteiger partial charge in [-0.2, -0.15) is 0 Å². The molecular weight excluding hydrogens is 261 g/mol. The van der Waals surface area contributed by atoms with Crippen LogP contribution in [0.15, 0.2) is 22.7 Å². The van der Waals surface area contributed by atoms with Crippen LogP contribution in [0, 0.1) is 0 Å². The van der Waals surface area contributed by atoms with Crippen molar-refractivity contribution in [3.05, 3.63) is 22.7 Å². The van der Waals surface area contributed by atoms with Crippen molar-refractivity contribution in [1.82, 2.24) is 0 Å². The molecule has 0 radical (unpaired) electrons. The molecule has 0 fully saturated rings. The molecule has 0 bridgehead atoms. The standard InChI is InChI=1S/C10H15BrNOP/c1-3-14(13,4-2)10-6-5-8(11)7-9(10)12/h5-7H,3-4,12H2,1-2H3. The molecule has 1 aromatic carbocycles. The van der Waals surface area contributed by atoms with Crippen molar-refractivity contribution < 1.29 is 4.57 Å². The second kappa shape index (κ2) is 4.50. The fourth-order valence-electron chi connectivity index (χ4n) is 1.46. The molecule has 0 atom stereocenters. The third kappa shape index (κ3) is 2.21. The van der Waals surface area contributed by atoms with Gasteiger partial charge in [0.05, 0.1) is 0 Å². The lowest BCUT2D eigenvalue weighted by atomic mass is 10.3. The molecule has 0 aliphatic carbocycles. The summed E-state index contributed by atoms with van der Waals surface area (Å²) < 4.78 is 13.3. The quantitative estimate of drug-likeness (QED) is 0.681. The highest BCUT2D eigenvalue weighted by Gasteiger charge is 2.22. The second-order valence-corrected chi connectivity index (χ2v) is 7.67. The minimum atomic E-state index is -2.24. The smallest absolute Gasteiger partial charge is 0.117 e. The van der Waals surface area contributed by atoms with Gasteiger partial charge >= 0.3 is 0 Å². The maximum atomic E-state index is 12.4. The highest BCUT2D eigenvalue weighted by molar-refractivity contribution is 9.10. The predicted molar refractivity (Wildman–Crippen MR) is 66.9 cm³/mol. The molecule has 0 aliphatic rings. The number of anilines is 1. The molecule has 0 aliphatic heterocycles. The third-order valence-electron chi connectivity index (χ3n) is 2.45. The molecule has 0 saturated heterocycles. The number of hydrogen-bond donors (Lipinski definition) is 1. The Morgan fingerprint density at radius 1 is 1.36 bits per heavy atom. The maximum Gasteiger partial charge on any atom is 0.117 e. The van der Waals surface area contributed by atoms with Crippen molar-refractivity contribution in [3.63, 3.8) is 0 Å². The first-order valence-electron chi connectivity index (χ1n) is 4.67. The van der Waals surface area contributed by atoms with Crippen LogP contribution in [0.1, 0.15) is 13.8 Å². The van der Waals surface area contributed by atoms with E-state index in [0.29, 0.717) is 18.0 Å². The van der Waals surface area contributed by atoms with Crippen molar-refractivity contribution in [2.75, 3.05) is 18.1 Å². The summed E-state index contributed by atoms with van der Waals surface area (Å²) in [6.45, 7) is 3.90. The summed E-state index contributed by atoms with van der Waals surface area (Å²) in [5.74, 6) is 0. The lowest BCUT2D eigenvalue weighted by Crippen LogP contribution is -2.13. The van der Waals surface area contributed by atoms with Gasteiger partial charge in [0.1, 0.15) is 7.14 Å². The molecule has 4 heteroatoms.